The Morgan fingerprint density at radius 1 is 1.21 bits per heavy atom. The SMILES string of the molecule is O=C(C1CCCO1)N1CCN(CC(O)COCc2ccc3c(c2)OCO3)CC1. The van der Waals surface area contributed by atoms with Crippen molar-refractivity contribution >= 4 is 5.91 Å². The molecular weight excluding hydrogens is 364 g/mol. The van der Waals surface area contributed by atoms with E-state index >= 15 is 0 Å². The van der Waals surface area contributed by atoms with E-state index in [0.29, 0.717) is 32.8 Å². The lowest BCUT2D eigenvalue weighted by Gasteiger charge is -2.36. The number of carbonyl (C=O) groups is 1. The number of nitrogens with zero attached hydrogens (tertiary/aromatic N) is 2. The van der Waals surface area contributed by atoms with Crippen LogP contribution in [0.5, 0.6) is 11.5 Å². The van der Waals surface area contributed by atoms with E-state index in [1.807, 2.05) is 23.1 Å². The Kier molecular flexibility index (Phi) is 6.31. The minimum atomic E-state index is -0.561. The summed E-state index contributed by atoms with van der Waals surface area (Å²) >= 11 is 0. The number of amides is 1. The van der Waals surface area contributed by atoms with Crippen LogP contribution in [-0.2, 0) is 20.9 Å². The van der Waals surface area contributed by atoms with Gasteiger partial charge < -0.3 is 29.0 Å². The van der Waals surface area contributed by atoms with E-state index in [4.69, 9.17) is 18.9 Å². The average molecular weight is 392 g/mol. The Morgan fingerprint density at radius 3 is 2.82 bits per heavy atom. The maximum Gasteiger partial charge on any atom is 0.251 e. The fourth-order valence-electron chi connectivity index (χ4n) is 3.82. The van der Waals surface area contributed by atoms with Gasteiger partial charge in [0, 0.05) is 39.3 Å². The maximum atomic E-state index is 12.4. The number of fused-ring (bicyclic) bond motifs is 1. The van der Waals surface area contributed by atoms with Crippen molar-refractivity contribution in [3.05, 3.63) is 23.8 Å². The molecule has 0 bridgehead atoms. The molecule has 2 unspecified atom stereocenters. The van der Waals surface area contributed by atoms with Crippen LogP contribution >= 0.6 is 0 Å². The highest BCUT2D eigenvalue weighted by atomic mass is 16.7. The molecule has 0 saturated carbocycles. The molecule has 154 valence electrons. The molecule has 2 saturated heterocycles. The van der Waals surface area contributed by atoms with Crippen LogP contribution in [0.1, 0.15) is 18.4 Å². The monoisotopic (exact) mass is 392 g/mol. The molecular formula is C20H28N2O6. The molecule has 3 aliphatic heterocycles. The van der Waals surface area contributed by atoms with Gasteiger partial charge in [-0.2, -0.15) is 0 Å². The summed E-state index contributed by atoms with van der Waals surface area (Å²) in [6.07, 6.45) is 0.990. The molecule has 0 aromatic heterocycles. The third kappa shape index (κ3) is 4.75. The summed E-state index contributed by atoms with van der Waals surface area (Å²) in [6.45, 7) is 5.06. The molecule has 28 heavy (non-hydrogen) atoms. The van der Waals surface area contributed by atoms with E-state index in [2.05, 4.69) is 4.90 Å². The molecule has 1 aromatic carbocycles. The van der Waals surface area contributed by atoms with Crippen LogP contribution in [0, 0.1) is 0 Å². The second-order valence-electron chi connectivity index (χ2n) is 7.48. The van der Waals surface area contributed by atoms with Crippen LogP contribution in [0.4, 0.5) is 0 Å². The summed E-state index contributed by atoms with van der Waals surface area (Å²) in [5.74, 6) is 1.60. The molecule has 0 radical (unpaired) electrons. The lowest BCUT2D eigenvalue weighted by molar-refractivity contribution is -0.142. The minimum Gasteiger partial charge on any atom is -0.454 e. The number of benzene rings is 1. The number of aliphatic hydroxyl groups is 1. The van der Waals surface area contributed by atoms with Gasteiger partial charge in [-0.15, -0.1) is 0 Å². The Hall–Kier alpha value is -1.87. The zero-order valence-electron chi connectivity index (χ0n) is 16.0. The van der Waals surface area contributed by atoms with E-state index in [1.54, 1.807) is 0 Å². The summed E-state index contributed by atoms with van der Waals surface area (Å²) in [7, 11) is 0. The summed E-state index contributed by atoms with van der Waals surface area (Å²) < 4.78 is 21.8. The van der Waals surface area contributed by atoms with Gasteiger partial charge in [0.05, 0.1) is 19.3 Å². The fourth-order valence-corrected chi connectivity index (χ4v) is 3.82. The van der Waals surface area contributed by atoms with Crippen LogP contribution in [0.15, 0.2) is 18.2 Å². The lowest BCUT2D eigenvalue weighted by atomic mass is 10.2. The van der Waals surface area contributed by atoms with Crippen molar-refractivity contribution in [2.24, 2.45) is 0 Å². The number of piperazine rings is 1. The van der Waals surface area contributed by atoms with E-state index in [-0.39, 0.29) is 25.4 Å². The molecule has 2 fully saturated rings. The Bertz CT molecular complexity index is 671. The van der Waals surface area contributed by atoms with E-state index < -0.39 is 6.10 Å². The lowest BCUT2D eigenvalue weighted by Crippen LogP contribution is -2.52. The topological polar surface area (TPSA) is 80.7 Å². The molecule has 1 N–H and O–H groups in total. The molecule has 8 nitrogen and oxygen atoms in total. The second-order valence-corrected chi connectivity index (χ2v) is 7.48. The van der Waals surface area contributed by atoms with Gasteiger partial charge in [0.2, 0.25) is 6.79 Å². The quantitative estimate of drug-likeness (QED) is 0.728. The zero-order valence-corrected chi connectivity index (χ0v) is 16.0. The van der Waals surface area contributed by atoms with E-state index in [1.165, 1.54) is 0 Å². The predicted octanol–water partition coefficient (Wildman–Crippen LogP) is 0.616. The molecule has 8 heteroatoms. The number of rotatable bonds is 7. The minimum absolute atomic E-state index is 0.116. The van der Waals surface area contributed by atoms with Crippen LogP contribution in [0.25, 0.3) is 0 Å². The first-order valence-corrected chi connectivity index (χ1v) is 9.96. The third-order valence-corrected chi connectivity index (χ3v) is 5.37. The van der Waals surface area contributed by atoms with Gasteiger partial charge in [0.15, 0.2) is 11.5 Å². The van der Waals surface area contributed by atoms with Gasteiger partial charge in [-0.3, -0.25) is 9.69 Å². The Morgan fingerprint density at radius 2 is 2.04 bits per heavy atom. The van der Waals surface area contributed by atoms with Gasteiger partial charge in [0.1, 0.15) is 6.10 Å². The molecule has 1 amide bonds. The number of ether oxygens (including phenoxy) is 4. The van der Waals surface area contributed by atoms with E-state index in [0.717, 1.165) is 43.0 Å². The number of β-amino-alcohol motifs (C(OH)–C–C–N with tert-alkyl or cyclic N) is 1. The molecule has 0 spiro atoms. The Balaban J connectivity index is 1.14. The fraction of sp³-hybridized carbons (Fsp3) is 0.650. The summed E-state index contributed by atoms with van der Waals surface area (Å²) in [5, 5.41) is 10.3. The maximum absolute atomic E-state index is 12.4. The molecule has 0 aliphatic carbocycles. The van der Waals surface area contributed by atoms with Gasteiger partial charge >= 0.3 is 0 Å². The van der Waals surface area contributed by atoms with E-state index in [9.17, 15) is 9.90 Å². The first kappa shape index (κ1) is 19.4. The summed E-state index contributed by atoms with van der Waals surface area (Å²) in [6, 6.07) is 5.71. The first-order chi connectivity index (χ1) is 13.7. The van der Waals surface area contributed by atoms with Crippen molar-refractivity contribution in [2.75, 3.05) is 52.7 Å². The van der Waals surface area contributed by atoms with Gasteiger partial charge in [-0.05, 0) is 30.5 Å². The third-order valence-electron chi connectivity index (χ3n) is 5.37. The number of carbonyl (C=O) groups excluding carboxylic acids is 1. The Labute approximate surface area is 164 Å². The normalized spacial score (nSPS) is 23.2. The first-order valence-electron chi connectivity index (χ1n) is 9.96. The average Bonchev–Trinajstić information content (AvgIpc) is 3.39. The smallest absolute Gasteiger partial charge is 0.251 e. The highest BCUT2D eigenvalue weighted by Crippen LogP contribution is 2.32. The molecule has 2 atom stereocenters. The second kappa shape index (κ2) is 9.09. The highest BCUT2D eigenvalue weighted by molar-refractivity contribution is 5.81. The summed E-state index contributed by atoms with van der Waals surface area (Å²) in [4.78, 5) is 16.4. The number of hydrogen-bond acceptors (Lipinski definition) is 7. The predicted molar refractivity (Wildman–Crippen MR) is 100 cm³/mol. The molecule has 4 rings (SSSR count). The van der Waals surface area contributed by atoms with Crippen molar-refractivity contribution < 1.29 is 28.8 Å². The van der Waals surface area contributed by atoms with Gasteiger partial charge in [-0.1, -0.05) is 6.07 Å². The van der Waals surface area contributed by atoms with Crippen molar-refractivity contribution in [1.29, 1.82) is 0 Å². The van der Waals surface area contributed by atoms with Crippen LogP contribution in [-0.4, -0.2) is 85.8 Å². The van der Waals surface area contributed by atoms with Crippen LogP contribution in [0.3, 0.4) is 0 Å². The van der Waals surface area contributed by atoms with Gasteiger partial charge in [0.25, 0.3) is 5.91 Å². The molecule has 3 aliphatic rings. The highest BCUT2D eigenvalue weighted by Gasteiger charge is 2.30. The van der Waals surface area contributed by atoms with Crippen LogP contribution in [0.2, 0.25) is 0 Å². The van der Waals surface area contributed by atoms with Crippen molar-refractivity contribution in [3.63, 3.8) is 0 Å². The zero-order chi connectivity index (χ0) is 19.3. The van der Waals surface area contributed by atoms with Crippen LogP contribution < -0.4 is 9.47 Å². The summed E-state index contributed by atoms with van der Waals surface area (Å²) in [5.41, 5.74) is 0.984. The van der Waals surface area contributed by atoms with Gasteiger partial charge in [-0.25, -0.2) is 0 Å². The largest absolute Gasteiger partial charge is 0.454 e. The molecule has 3 heterocycles. The van der Waals surface area contributed by atoms with Crippen molar-refractivity contribution in [1.82, 2.24) is 9.80 Å². The number of hydrogen-bond donors (Lipinski definition) is 1. The number of aliphatic hydroxyl groups excluding tert-OH is 1. The van der Waals surface area contributed by atoms with Crippen molar-refractivity contribution in [2.45, 2.75) is 31.7 Å². The molecule has 1 aromatic rings. The van der Waals surface area contributed by atoms with Crippen molar-refractivity contribution in [3.8, 4) is 11.5 Å². The standard InChI is InChI=1S/C20H28N2O6/c23-16(13-25-12-15-3-4-17-19(10-15)28-14-27-17)11-21-5-7-22(8-6-21)20(24)18-2-1-9-26-18/h3-4,10,16,18,23H,1-2,5-9,11-14H2.